The molecule has 7 nitrogen and oxygen atoms in total. The molecule has 2 aromatic heterocycles. The number of benzene rings is 1. The van der Waals surface area contributed by atoms with Crippen molar-refractivity contribution in [3.8, 4) is 5.75 Å². The van der Waals surface area contributed by atoms with E-state index in [9.17, 15) is 9.59 Å². The van der Waals surface area contributed by atoms with Gasteiger partial charge in [0, 0.05) is 25.4 Å². The Morgan fingerprint density at radius 2 is 1.90 bits per heavy atom. The minimum atomic E-state index is -0.765. The number of thiophene rings is 1. The van der Waals surface area contributed by atoms with E-state index in [4.69, 9.17) is 9.47 Å². The van der Waals surface area contributed by atoms with Gasteiger partial charge >= 0.3 is 5.97 Å². The number of carbonyl (C=O) groups excluding carboxylic acids is 1. The summed E-state index contributed by atoms with van der Waals surface area (Å²) in [6, 6.07) is 10.0. The third kappa shape index (κ3) is 4.90. The fraction of sp³-hybridized carbons (Fsp3) is 0.435. The predicted octanol–water partition coefficient (Wildman–Crippen LogP) is 4.70. The normalized spacial score (nSPS) is 12.2. The smallest absolute Gasteiger partial charge is 0.304 e. The summed E-state index contributed by atoms with van der Waals surface area (Å²) in [5.41, 5.74) is 1.73. The van der Waals surface area contributed by atoms with Crippen LogP contribution >= 0.6 is 11.3 Å². The first-order valence-electron chi connectivity index (χ1n) is 10.4. The summed E-state index contributed by atoms with van der Waals surface area (Å²) in [7, 11) is 1.65. The van der Waals surface area contributed by atoms with Crippen molar-refractivity contribution in [2.75, 3.05) is 18.6 Å². The molecule has 0 spiro atoms. The van der Waals surface area contributed by atoms with Crippen LogP contribution in [0.4, 0.5) is 5.00 Å². The minimum absolute atomic E-state index is 0.109. The second-order valence-corrected chi connectivity index (χ2v) is 8.72. The topological polar surface area (TPSA) is 73.7 Å². The molecule has 1 unspecified atom stereocenters. The summed E-state index contributed by atoms with van der Waals surface area (Å²) < 4.78 is 12.4. The van der Waals surface area contributed by atoms with E-state index < -0.39 is 12.2 Å². The van der Waals surface area contributed by atoms with Crippen LogP contribution in [0, 0.1) is 0 Å². The average molecular weight is 444 g/mol. The van der Waals surface area contributed by atoms with Crippen LogP contribution in [0.5, 0.6) is 5.75 Å². The lowest BCUT2D eigenvalue weighted by atomic mass is 10.1. The molecule has 0 amide bonds. The number of fused-ring (bicyclic) bond motifs is 1. The maximum Gasteiger partial charge on any atom is 0.304 e. The SMILES string of the molecule is CCN(Cc1ccc(OC)cc1)c1cc2c(C(C)C)nn(C(C)OC(C)=O)c(=O)c2s1. The van der Waals surface area contributed by atoms with Gasteiger partial charge < -0.3 is 14.4 Å². The van der Waals surface area contributed by atoms with Crippen molar-refractivity contribution < 1.29 is 14.3 Å². The Balaban J connectivity index is 2.04. The molecule has 0 fully saturated rings. The van der Waals surface area contributed by atoms with Crippen molar-refractivity contribution in [3.05, 3.63) is 51.9 Å². The highest BCUT2D eigenvalue weighted by atomic mass is 32.1. The van der Waals surface area contributed by atoms with Crippen LogP contribution in [0.1, 0.15) is 58.0 Å². The molecule has 31 heavy (non-hydrogen) atoms. The van der Waals surface area contributed by atoms with Crippen molar-refractivity contribution in [1.29, 1.82) is 0 Å². The highest BCUT2D eigenvalue weighted by Crippen LogP contribution is 2.35. The van der Waals surface area contributed by atoms with Gasteiger partial charge in [-0.3, -0.25) is 9.59 Å². The van der Waals surface area contributed by atoms with Gasteiger partial charge in [0.25, 0.3) is 5.56 Å². The van der Waals surface area contributed by atoms with Gasteiger partial charge in [0.1, 0.15) is 10.4 Å². The Hall–Kier alpha value is -2.87. The first-order valence-corrected chi connectivity index (χ1v) is 11.2. The lowest BCUT2D eigenvalue weighted by Gasteiger charge is -2.21. The van der Waals surface area contributed by atoms with Crippen LogP contribution in [0.2, 0.25) is 0 Å². The van der Waals surface area contributed by atoms with Gasteiger partial charge in [0.05, 0.1) is 17.8 Å². The summed E-state index contributed by atoms with van der Waals surface area (Å²) in [5.74, 6) is 0.484. The number of esters is 1. The van der Waals surface area contributed by atoms with Gasteiger partial charge in [-0.1, -0.05) is 26.0 Å². The molecule has 0 aliphatic rings. The van der Waals surface area contributed by atoms with E-state index in [2.05, 4.69) is 23.0 Å². The summed E-state index contributed by atoms with van der Waals surface area (Å²) >= 11 is 1.45. The molecule has 0 N–H and O–H groups in total. The number of rotatable bonds is 8. The number of ether oxygens (including phenoxy) is 2. The molecule has 0 radical (unpaired) electrons. The molecule has 3 rings (SSSR count). The van der Waals surface area contributed by atoms with E-state index in [0.29, 0.717) is 4.70 Å². The third-order valence-electron chi connectivity index (χ3n) is 5.07. The summed E-state index contributed by atoms with van der Waals surface area (Å²) in [6.07, 6.45) is -0.765. The highest BCUT2D eigenvalue weighted by molar-refractivity contribution is 7.22. The van der Waals surface area contributed by atoms with Crippen molar-refractivity contribution >= 4 is 32.4 Å². The van der Waals surface area contributed by atoms with Gasteiger partial charge in [0.15, 0.2) is 6.23 Å². The molecule has 0 bridgehead atoms. The highest BCUT2D eigenvalue weighted by Gasteiger charge is 2.21. The second kappa shape index (κ2) is 9.51. The predicted molar refractivity (Wildman–Crippen MR) is 124 cm³/mol. The lowest BCUT2D eigenvalue weighted by Crippen LogP contribution is -2.29. The Morgan fingerprint density at radius 1 is 1.23 bits per heavy atom. The van der Waals surface area contributed by atoms with Crippen LogP contribution < -0.4 is 15.2 Å². The molecule has 0 aliphatic carbocycles. The monoisotopic (exact) mass is 443 g/mol. The Labute approximate surface area is 186 Å². The molecular formula is C23H29N3O4S. The number of hydrogen-bond acceptors (Lipinski definition) is 7. The van der Waals surface area contributed by atoms with E-state index in [1.165, 1.54) is 22.9 Å². The minimum Gasteiger partial charge on any atom is -0.497 e. The fourth-order valence-electron chi connectivity index (χ4n) is 3.46. The Kier molecular flexibility index (Phi) is 7.00. The number of nitrogens with zero attached hydrogens (tertiary/aromatic N) is 3. The molecule has 3 aromatic rings. The summed E-state index contributed by atoms with van der Waals surface area (Å²) in [4.78, 5) is 26.8. The van der Waals surface area contributed by atoms with Crippen molar-refractivity contribution in [2.24, 2.45) is 0 Å². The zero-order valence-corrected chi connectivity index (χ0v) is 19.7. The summed E-state index contributed by atoms with van der Waals surface area (Å²) in [6.45, 7) is 10.7. The Bertz CT molecular complexity index is 1120. The van der Waals surface area contributed by atoms with Crippen molar-refractivity contribution in [1.82, 2.24) is 9.78 Å². The van der Waals surface area contributed by atoms with Crippen LogP contribution in [-0.4, -0.2) is 29.4 Å². The largest absolute Gasteiger partial charge is 0.497 e. The van der Waals surface area contributed by atoms with Crippen molar-refractivity contribution in [3.63, 3.8) is 0 Å². The fourth-order valence-corrected chi connectivity index (χ4v) is 4.63. The van der Waals surface area contributed by atoms with E-state index in [1.54, 1.807) is 14.0 Å². The second-order valence-electron chi connectivity index (χ2n) is 7.69. The van der Waals surface area contributed by atoms with Crippen LogP contribution in [0.3, 0.4) is 0 Å². The first-order chi connectivity index (χ1) is 14.7. The molecule has 0 saturated carbocycles. The lowest BCUT2D eigenvalue weighted by molar-refractivity contribution is -0.150. The number of hydrogen-bond donors (Lipinski definition) is 0. The quantitative estimate of drug-likeness (QED) is 0.470. The van der Waals surface area contributed by atoms with Crippen LogP contribution in [0.25, 0.3) is 10.1 Å². The summed E-state index contributed by atoms with van der Waals surface area (Å²) in [5, 5.41) is 6.42. The molecule has 2 heterocycles. The number of carbonyl (C=O) groups is 1. The zero-order valence-electron chi connectivity index (χ0n) is 18.8. The molecule has 1 atom stereocenters. The van der Waals surface area contributed by atoms with Gasteiger partial charge in [0.2, 0.25) is 0 Å². The standard InChI is InChI=1S/C23H29N3O4S/c1-7-25(13-17-8-10-18(29-6)11-9-17)20-12-19-21(14(2)3)24-26(15(4)30-16(5)27)23(28)22(19)31-20/h8-12,14-15H,7,13H2,1-6H3. The maximum absolute atomic E-state index is 13.2. The number of aromatic nitrogens is 2. The Morgan fingerprint density at radius 3 is 2.45 bits per heavy atom. The molecule has 8 heteroatoms. The molecule has 166 valence electrons. The van der Waals surface area contributed by atoms with Crippen LogP contribution in [0.15, 0.2) is 35.1 Å². The van der Waals surface area contributed by atoms with Gasteiger partial charge in [-0.25, -0.2) is 0 Å². The van der Waals surface area contributed by atoms with Gasteiger partial charge in [-0.05, 0) is 43.5 Å². The molecule has 0 saturated heterocycles. The van der Waals surface area contributed by atoms with Gasteiger partial charge in [-0.15, -0.1) is 11.3 Å². The number of anilines is 1. The first kappa shape index (κ1) is 22.8. The van der Waals surface area contributed by atoms with E-state index in [0.717, 1.165) is 40.5 Å². The van der Waals surface area contributed by atoms with Crippen molar-refractivity contribution in [2.45, 2.75) is 53.3 Å². The molecular weight excluding hydrogens is 414 g/mol. The van der Waals surface area contributed by atoms with Crippen LogP contribution in [-0.2, 0) is 16.1 Å². The maximum atomic E-state index is 13.2. The van der Waals surface area contributed by atoms with E-state index >= 15 is 0 Å². The molecule has 1 aromatic carbocycles. The zero-order chi connectivity index (χ0) is 22.7. The van der Waals surface area contributed by atoms with E-state index in [1.807, 2.05) is 38.1 Å². The van der Waals surface area contributed by atoms with E-state index in [-0.39, 0.29) is 11.5 Å². The van der Waals surface area contributed by atoms with Gasteiger partial charge in [-0.2, -0.15) is 9.78 Å². The third-order valence-corrected chi connectivity index (χ3v) is 6.25. The average Bonchev–Trinajstić information content (AvgIpc) is 3.17. The molecule has 0 aliphatic heterocycles. The number of methoxy groups -OCH3 is 1.